The van der Waals surface area contributed by atoms with Gasteiger partial charge in [-0.1, -0.05) is 36.7 Å². The molecule has 1 heterocycles. The summed E-state index contributed by atoms with van der Waals surface area (Å²) in [4.78, 5) is 11.5. The van der Waals surface area contributed by atoms with Crippen molar-refractivity contribution in [2.75, 3.05) is 14.2 Å². The van der Waals surface area contributed by atoms with Gasteiger partial charge in [-0.15, -0.1) is 0 Å². The van der Waals surface area contributed by atoms with Crippen molar-refractivity contribution in [1.82, 2.24) is 5.32 Å². The summed E-state index contributed by atoms with van der Waals surface area (Å²) in [6.07, 6.45) is -0.572. The fourth-order valence-electron chi connectivity index (χ4n) is 2.18. The molecule has 1 amide bonds. The smallest absolute Gasteiger partial charge is 0.414 e. The summed E-state index contributed by atoms with van der Waals surface area (Å²) in [6, 6.07) is 3.74. The third-order valence-electron chi connectivity index (χ3n) is 3.05. The molecule has 0 bridgehead atoms. The predicted octanol–water partition coefficient (Wildman–Crippen LogP) is 4.22. The van der Waals surface area contributed by atoms with Crippen molar-refractivity contribution < 1.29 is 18.7 Å². The number of amides is 1. The first kappa shape index (κ1) is 15.7. The van der Waals surface area contributed by atoms with Crippen LogP contribution in [0.2, 0.25) is 0 Å². The molecule has 0 aliphatic carbocycles. The number of hydrogen-bond donors (Lipinski definition) is 1. The summed E-state index contributed by atoms with van der Waals surface area (Å²) in [5, 5.41) is 3.27. The lowest BCUT2D eigenvalue weighted by Gasteiger charge is -2.18. The molecule has 6 heteroatoms. The van der Waals surface area contributed by atoms with Gasteiger partial charge in [-0.3, -0.25) is 0 Å². The summed E-state index contributed by atoms with van der Waals surface area (Å²) in [5.41, 5.74) is 1.12. The average Bonchev–Trinajstić information content (AvgIpc) is 2.74. The lowest BCUT2D eigenvalue weighted by atomic mass is 9.86. The summed E-state index contributed by atoms with van der Waals surface area (Å²) >= 11 is 3.46. The number of ether oxygens (including phenoxy) is 2. The van der Waals surface area contributed by atoms with Crippen molar-refractivity contribution in [2.24, 2.45) is 0 Å². The molecule has 0 aliphatic rings. The number of furan rings is 1. The molecule has 0 spiro atoms. The Bertz CT molecular complexity index is 685. The Morgan fingerprint density at radius 3 is 2.52 bits per heavy atom. The molecule has 2 rings (SSSR count). The minimum atomic E-state index is -0.572. The zero-order valence-electron chi connectivity index (χ0n) is 12.7. The lowest BCUT2D eigenvalue weighted by molar-refractivity contribution is 0.189. The van der Waals surface area contributed by atoms with Gasteiger partial charge < -0.3 is 19.2 Å². The van der Waals surface area contributed by atoms with Gasteiger partial charge in [-0.2, -0.15) is 0 Å². The monoisotopic (exact) mass is 355 g/mol. The molecule has 0 radical (unpaired) electrons. The average molecular weight is 356 g/mol. The van der Waals surface area contributed by atoms with Gasteiger partial charge in [-0.05, 0) is 17.5 Å². The SMILES string of the molecule is CNC(=O)Oc1oc2c(OC)cc(Br)cc2c1C(C)(C)C. The van der Waals surface area contributed by atoms with E-state index in [4.69, 9.17) is 13.9 Å². The van der Waals surface area contributed by atoms with Crippen molar-refractivity contribution in [1.29, 1.82) is 0 Å². The molecule has 1 aromatic carbocycles. The highest BCUT2D eigenvalue weighted by Gasteiger charge is 2.29. The van der Waals surface area contributed by atoms with Gasteiger partial charge in [0.15, 0.2) is 11.3 Å². The third kappa shape index (κ3) is 3.00. The van der Waals surface area contributed by atoms with E-state index in [0.29, 0.717) is 11.3 Å². The van der Waals surface area contributed by atoms with E-state index in [1.165, 1.54) is 7.05 Å². The number of rotatable bonds is 2. The van der Waals surface area contributed by atoms with E-state index in [0.717, 1.165) is 15.4 Å². The largest absolute Gasteiger partial charge is 0.493 e. The molecule has 2 aromatic rings. The van der Waals surface area contributed by atoms with E-state index in [-0.39, 0.29) is 11.4 Å². The first-order valence-corrected chi connectivity index (χ1v) is 7.27. The Labute approximate surface area is 131 Å². The van der Waals surface area contributed by atoms with Crippen LogP contribution in [0.3, 0.4) is 0 Å². The van der Waals surface area contributed by atoms with Gasteiger partial charge in [0.05, 0.1) is 12.7 Å². The molecule has 1 aromatic heterocycles. The molecule has 1 N–H and O–H groups in total. The molecular formula is C15H18BrNO4. The van der Waals surface area contributed by atoms with E-state index < -0.39 is 6.09 Å². The van der Waals surface area contributed by atoms with Crippen LogP contribution < -0.4 is 14.8 Å². The van der Waals surface area contributed by atoms with E-state index in [1.807, 2.05) is 32.9 Å². The van der Waals surface area contributed by atoms with Gasteiger partial charge in [-0.25, -0.2) is 4.79 Å². The summed E-state index contributed by atoms with van der Waals surface area (Å²) < 4.78 is 17.2. The highest BCUT2D eigenvalue weighted by Crippen LogP contribution is 2.44. The molecule has 0 aliphatic heterocycles. The second-order valence-corrected chi connectivity index (χ2v) is 6.55. The van der Waals surface area contributed by atoms with Crippen molar-refractivity contribution in [3.8, 4) is 11.7 Å². The van der Waals surface area contributed by atoms with E-state index in [2.05, 4.69) is 21.2 Å². The van der Waals surface area contributed by atoms with Crippen LogP contribution in [0.5, 0.6) is 11.7 Å². The maximum absolute atomic E-state index is 11.5. The lowest BCUT2D eigenvalue weighted by Crippen LogP contribution is -2.23. The number of nitrogens with one attached hydrogen (secondary N) is 1. The number of halogens is 1. The first-order chi connectivity index (χ1) is 9.77. The topological polar surface area (TPSA) is 60.7 Å². The minimum Gasteiger partial charge on any atom is -0.493 e. The highest BCUT2D eigenvalue weighted by atomic mass is 79.9. The number of carbonyl (C=O) groups is 1. The predicted molar refractivity (Wildman–Crippen MR) is 84.2 cm³/mol. The zero-order chi connectivity index (χ0) is 15.8. The fraction of sp³-hybridized carbons (Fsp3) is 0.400. The second-order valence-electron chi connectivity index (χ2n) is 5.64. The molecule has 0 atom stereocenters. The molecule has 0 saturated carbocycles. The number of hydrogen-bond acceptors (Lipinski definition) is 4. The maximum Gasteiger partial charge on any atom is 0.414 e. The second kappa shape index (κ2) is 5.60. The van der Waals surface area contributed by atoms with Crippen LogP contribution in [0, 0.1) is 0 Å². The highest BCUT2D eigenvalue weighted by molar-refractivity contribution is 9.10. The van der Waals surface area contributed by atoms with Gasteiger partial charge in [0.1, 0.15) is 0 Å². The molecule has 21 heavy (non-hydrogen) atoms. The van der Waals surface area contributed by atoms with Gasteiger partial charge >= 0.3 is 6.09 Å². The van der Waals surface area contributed by atoms with Crippen LogP contribution in [0.1, 0.15) is 26.3 Å². The third-order valence-corrected chi connectivity index (χ3v) is 3.51. The minimum absolute atomic E-state index is 0.188. The zero-order valence-corrected chi connectivity index (χ0v) is 14.3. The molecule has 114 valence electrons. The summed E-state index contributed by atoms with van der Waals surface area (Å²) in [6.45, 7) is 6.09. The molecule has 0 saturated heterocycles. The van der Waals surface area contributed by atoms with Crippen LogP contribution in [0.25, 0.3) is 11.0 Å². The molecule has 0 fully saturated rings. The fourth-order valence-corrected chi connectivity index (χ4v) is 2.62. The Balaban J connectivity index is 2.76. The Morgan fingerprint density at radius 2 is 2.00 bits per heavy atom. The molecule has 0 unspecified atom stereocenters. The van der Waals surface area contributed by atoms with Crippen molar-refractivity contribution in [3.63, 3.8) is 0 Å². The number of methoxy groups -OCH3 is 1. The standard InChI is InChI=1S/C15H18BrNO4/c1-15(2,3)11-9-6-8(16)7-10(19-5)12(9)20-13(11)21-14(18)17-4/h6-7H,1-5H3,(H,17,18). The van der Waals surface area contributed by atoms with Crippen LogP contribution in [0.4, 0.5) is 4.79 Å². The van der Waals surface area contributed by atoms with Crippen molar-refractivity contribution in [2.45, 2.75) is 26.2 Å². The van der Waals surface area contributed by atoms with Gasteiger partial charge in [0.2, 0.25) is 0 Å². The molecular weight excluding hydrogens is 338 g/mol. The van der Waals surface area contributed by atoms with Gasteiger partial charge in [0, 0.05) is 16.9 Å². The Hall–Kier alpha value is -1.69. The summed E-state index contributed by atoms with van der Waals surface area (Å²) in [7, 11) is 3.07. The Kier molecular flexibility index (Phi) is 4.18. The van der Waals surface area contributed by atoms with E-state index in [1.54, 1.807) is 7.11 Å². The normalized spacial score (nSPS) is 11.5. The number of benzene rings is 1. The van der Waals surface area contributed by atoms with E-state index >= 15 is 0 Å². The maximum atomic E-state index is 11.5. The van der Waals surface area contributed by atoms with Crippen molar-refractivity contribution in [3.05, 3.63) is 22.2 Å². The van der Waals surface area contributed by atoms with Crippen LogP contribution in [-0.4, -0.2) is 20.3 Å². The molecule has 5 nitrogen and oxygen atoms in total. The van der Waals surface area contributed by atoms with Gasteiger partial charge in [0.25, 0.3) is 5.95 Å². The van der Waals surface area contributed by atoms with Crippen LogP contribution in [0.15, 0.2) is 21.0 Å². The number of fused-ring (bicyclic) bond motifs is 1. The van der Waals surface area contributed by atoms with Crippen molar-refractivity contribution >= 4 is 33.0 Å². The Morgan fingerprint density at radius 1 is 1.33 bits per heavy atom. The number of carbonyl (C=O) groups excluding carboxylic acids is 1. The van der Waals surface area contributed by atoms with Crippen LogP contribution >= 0.6 is 15.9 Å². The summed E-state index contributed by atoms with van der Waals surface area (Å²) in [5.74, 6) is 0.768. The quantitative estimate of drug-likeness (QED) is 0.875. The first-order valence-electron chi connectivity index (χ1n) is 6.48. The van der Waals surface area contributed by atoms with E-state index in [9.17, 15) is 4.79 Å². The van der Waals surface area contributed by atoms with Crippen LogP contribution in [-0.2, 0) is 5.41 Å².